The van der Waals surface area contributed by atoms with Crippen LogP contribution >= 0.6 is 11.6 Å². The number of halogens is 1. The molecule has 1 amide bonds. The van der Waals surface area contributed by atoms with Gasteiger partial charge in [0.2, 0.25) is 0 Å². The highest BCUT2D eigenvalue weighted by Crippen LogP contribution is 2.12. The number of hydrogen-bond donors (Lipinski definition) is 1. The Morgan fingerprint density at radius 3 is 2.65 bits per heavy atom. The molecule has 110 valence electrons. The monoisotopic (exact) mass is 297 g/mol. The summed E-state index contributed by atoms with van der Waals surface area (Å²) in [5.74, 6) is -0.385. The maximum Gasteiger partial charge on any atom is 0.328 e. The van der Waals surface area contributed by atoms with Gasteiger partial charge in [-0.15, -0.1) is 11.6 Å². The smallest absolute Gasteiger partial charge is 0.328 e. The van der Waals surface area contributed by atoms with Gasteiger partial charge in [-0.25, -0.2) is 4.79 Å². The van der Waals surface area contributed by atoms with Crippen LogP contribution in [0.2, 0.25) is 0 Å². The SMILES string of the molecule is CCC(C)C(NC(=O)c1cccc(CCl)c1)C(=O)OC. The predicted molar refractivity (Wildman–Crippen MR) is 78.7 cm³/mol. The number of carbonyl (C=O) groups excluding carboxylic acids is 2. The molecule has 1 rings (SSSR count). The molecule has 0 heterocycles. The molecule has 1 N–H and O–H groups in total. The van der Waals surface area contributed by atoms with Crippen LogP contribution in [0.1, 0.15) is 36.2 Å². The lowest BCUT2D eigenvalue weighted by Gasteiger charge is -2.21. The van der Waals surface area contributed by atoms with Crippen molar-refractivity contribution in [3.63, 3.8) is 0 Å². The van der Waals surface area contributed by atoms with Gasteiger partial charge in [0, 0.05) is 11.4 Å². The quantitative estimate of drug-likeness (QED) is 0.649. The second-order valence-electron chi connectivity index (χ2n) is 4.69. The lowest BCUT2D eigenvalue weighted by molar-refractivity contribution is -0.144. The summed E-state index contributed by atoms with van der Waals surface area (Å²) in [6, 6.07) is 6.38. The fraction of sp³-hybridized carbons (Fsp3) is 0.467. The third-order valence-corrected chi connectivity index (χ3v) is 3.61. The first-order valence-corrected chi connectivity index (χ1v) is 7.10. The highest BCUT2D eigenvalue weighted by atomic mass is 35.5. The van der Waals surface area contributed by atoms with Gasteiger partial charge in [-0.1, -0.05) is 32.4 Å². The summed E-state index contributed by atoms with van der Waals surface area (Å²) >= 11 is 5.75. The number of benzene rings is 1. The molecular formula is C15H20ClNO3. The van der Waals surface area contributed by atoms with Gasteiger partial charge in [0.15, 0.2) is 0 Å². The number of ether oxygens (including phenoxy) is 1. The third-order valence-electron chi connectivity index (χ3n) is 3.30. The van der Waals surface area contributed by atoms with Crippen LogP contribution in [0.4, 0.5) is 0 Å². The molecular weight excluding hydrogens is 278 g/mol. The maximum absolute atomic E-state index is 12.2. The largest absolute Gasteiger partial charge is 0.467 e. The summed E-state index contributed by atoms with van der Waals surface area (Å²) in [6.45, 7) is 3.86. The second-order valence-corrected chi connectivity index (χ2v) is 4.96. The van der Waals surface area contributed by atoms with Gasteiger partial charge in [0.25, 0.3) is 5.91 Å². The molecule has 1 aromatic rings. The van der Waals surface area contributed by atoms with Gasteiger partial charge in [-0.3, -0.25) is 4.79 Å². The highest BCUT2D eigenvalue weighted by Gasteiger charge is 2.26. The van der Waals surface area contributed by atoms with Gasteiger partial charge < -0.3 is 10.1 Å². The molecule has 0 spiro atoms. The van der Waals surface area contributed by atoms with E-state index >= 15 is 0 Å². The van der Waals surface area contributed by atoms with E-state index in [9.17, 15) is 9.59 Å². The Morgan fingerprint density at radius 1 is 1.40 bits per heavy atom. The molecule has 2 unspecified atom stereocenters. The minimum absolute atomic E-state index is 0.00242. The number of carbonyl (C=O) groups is 2. The van der Waals surface area contributed by atoms with E-state index in [0.29, 0.717) is 11.4 Å². The van der Waals surface area contributed by atoms with E-state index in [1.165, 1.54) is 7.11 Å². The van der Waals surface area contributed by atoms with Gasteiger partial charge in [-0.05, 0) is 23.6 Å². The average molecular weight is 298 g/mol. The lowest BCUT2D eigenvalue weighted by Crippen LogP contribution is -2.45. The number of nitrogens with one attached hydrogen (secondary N) is 1. The Bertz CT molecular complexity index is 476. The van der Waals surface area contributed by atoms with Crippen LogP contribution in [-0.2, 0) is 15.4 Å². The van der Waals surface area contributed by atoms with E-state index in [-0.39, 0.29) is 11.8 Å². The third kappa shape index (κ3) is 4.23. The van der Waals surface area contributed by atoms with Crippen LogP contribution in [-0.4, -0.2) is 25.0 Å². The predicted octanol–water partition coefficient (Wildman–Crippen LogP) is 2.74. The molecule has 0 bridgehead atoms. The van der Waals surface area contributed by atoms with Crippen LogP contribution in [0.3, 0.4) is 0 Å². The first-order chi connectivity index (χ1) is 9.53. The molecule has 5 heteroatoms. The van der Waals surface area contributed by atoms with Crippen molar-refractivity contribution in [1.82, 2.24) is 5.32 Å². The Kier molecular flexibility index (Phi) is 6.52. The fourth-order valence-corrected chi connectivity index (χ4v) is 1.98. The number of alkyl halides is 1. The first-order valence-electron chi connectivity index (χ1n) is 6.57. The molecule has 0 aliphatic rings. The normalized spacial score (nSPS) is 13.4. The zero-order valence-corrected chi connectivity index (χ0v) is 12.7. The van der Waals surface area contributed by atoms with Gasteiger partial charge in [-0.2, -0.15) is 0 Å². The minimum atomic E-state index is -0.642. The Labute approximate surface area is 124 Å². The van der Waals surface area contributed by atoms with Crippen molar-refractivity contribution in [2.24, 2.45) is 5.92 Å². The molecule has 1 aromatic carbocycles. The zero-order valence-electron chi connectivity index (χ0n) is 12.0. The van der Waals surface area contributed by atoms with Crippen molar-refractivity contribution in [2.75, 3.05) is 7.11 Å². The molecule has 2 atom stereocenters. The van der Waals surface area contributed by atoms with Crippen LogP contribution < -0.4 is 5.32 Å². The molecule has 0 saturated heterocycles. The zero-order chi connectivity index (χ0) is 15.1. The fourth-order valence-electron chi connectivity index (χ4n) is 1.82. The first kappa shape index (κ1) is 16.5. The highest BCUT2D eigenvalue weighted by molar-refractivity contribution is 6.17. The standard InChI is InChI=1S/C15H20ClNO3/c1-4-10(2)13(15(19)20-3)17-14(18)12-7-5-6-11(8-12)9-16/h5-8,10,13H,4,9H2,1-3H3,(H,17,18). The number of amides is 1. The van der Waals surface area contributed by atoms with E-state index in [1.807, 2.05) is 19.9 Å². The molecule has 0 aliphatic heterocycles. The average Bonchev–Trinajstić information content (AvgIpc) is 2.50. The van der Waals surface area contributed by atoms with Crippen molar-refractivity contribution in [1.29, 1.82) is 0 Å². The van der Waals surface area contributed by atoms with Gasteiger partial charge >= 0.3 is 5.97 Å². The van der Waals surface area contributed by atoms with E-state index in [4.69, 9.17) is 16.3 Å². The lowest BCUT2D eigenvalue weighted by atomic mass is 9.98. The van der Waals surface area contributed by atoms with E-state index in [1.54, 1.807) is 18.2 Å². The summed E-state index contributed by atoms with van der Waals surface area (Å²) in [6.07, 6.45) is 0.766. The Hall–Kier alpha value is -1.55. The van der Waals surface area contributed by atoms with Crippen LogP contribution in [0.5, 0.6) is 0 Å². The molecule has 0 aromatic heterocycles. The van der Waals surface area contributed by atoms with Crippen LogP contribution in [0.25, 0.3) is 0 Å². The molecule has 0 radical (unpaired) electrons. The van der Waals surface area contributed by atoms with Crippen LogP contribution in [0, 0.1) is 5.92 Å². The number of methoxy groups -OCH3 is 1. The topological polar surface area (TPSA) is 55.4 Å². The van der Waals surface area contributed by atoms with Crippen LogP contribution in [0.15, 0.2) is 24.3 Å². The summed E-state index contributed by atoms with van der Waals surface area (Å²) in [4.78, 5) is 23.9. The second kappa shape index (κ2) is 7.90. The van der Waals surface area contributed by atoms with Gasteiger partial charge in [0.05, 0.1) is 7.11 Å². The van der Waals surface area contributed by atoms with Crippen molar-refractivity contribution in [3.8, 4) is 0 Å². The summed E-state index contributed by atoms with van der Waals surface area (Å²) in [5.41, 5.74) is 1.35. The van der Waals surface area contributed by atoms with Gasteiger partial charge in [0.1, 0.15) is 6.04 Å². The molecule has 0 saturated carbocycles. The van der Waals surface area contributed by atoms with Crippen molar-refractivity contribution >= 4 is 23.5 Å². The van der Waals surface area contributed by atoms with E-state index in [0.717, 1.165) is 12.0 Å². The minimum Gasteiger partial charge on any atom is -0.467 e. The summed E-state index contributed by atoms with van der Waals surface area (Å²) in [5, 5.41) is 2.73. The molecule has 20 heavy (non-hydrogen) atoms. The van der Waals surface area contributed by atoms with Crippen molar-refractivity contribution in [2.45, 2.75) is 32.2 Å². The Morgan fingerprint density at radius 2 is 2.10 bits per heavy atom. The maximum atomic E-state index is 12.2. The van der Waals surface area contributed by atoms with E-state index < -0.39 is 12.0 Å². The summed E-state index contributed by atoms with van der Waals surface area (Å²) < 4.78 is 4.74. The molecule has 0 aliphatic carbocycles. The van der Waals surface area contributed by atoms with Crippen molar-refractivity contribution < 1.29 is 14.3 Å². The summed E-state index contributed by atoms with van der Waals surface area (Å²) in [7, 11) is 1.32. The Balaban J connectivity index is 2.87. The number of esters is 1. The van der Waals surface area contributed by atoms with E-state index in [2.05, 4.69) is 5.32 Å². The molecule has 4 nitrogen and oxygen atoms in total. The van der Waals surface area contributed by atoms with Crippen molar-refractivity contribution in [3.05, 3.63) is 35.4 Å². The number of hydrogen-bond acceptors (Lipinski definition) is 3. The number of rotatable bonds is 6. The molecule has 0 fully saturated rings.